The fraction of sp³-hybridized carbons (Fsp3) is 0.375. The molecule has 0 atom stereocenters. The predicted molar refractivity (Wildman–Crippen MR) is 78.1 cm³/mol. The first-order valence-corrected chi connectivity index (χ1v) is 6.95. The Balaban J connectivity index is 2.28. The van der Waals surface area contributed by atoms with Gasteiger partial charge in [-0.2, -0.15) is 0 Å². The summed E-state index contributed by atoms with van der Waals surface area (Å²) in [4.78, 5) is 16.0. The minimum absolute atomic E-state index is 0.348. The van der Waals surface area contributed by atoms with Crippen molar-refractivity contribution in [3.8, 4) is 5.75 Å². The lowest BCUT2D eigenvalue weighted by Crippen LogP contribution is -2.05. The second kappa shape index (κ2) is 6.89. The molecular weight excluding hydrogens is 254 g/mol. The molecule has 0 radical (unpaired) electrons. The molecule has 4 nitrogen and oxygen atoms in total. The normalized spacial score (nSPS) is 10.5. The van der Waals surface area contributed by atoms with Crippen LogP contribution in [0.25, 0.3) is 10.9 Å². The zero-order valence-corrected chi connectivity index (χ0v) is 11.9. The van der Waals surface area contributed by atoms with Crippen molar-refractivity contribution in [2.75, 3.05) is 13.2 Å². The summed E-state index contributed by atoms with van der Waals surface area (Å²) in [7, 11) is 0. The van der Waals surface area contributed by atoms with Crippen LogP contribution in [0.2, 0.25) is 0 Å². The van der Waals surface area contributed by atoms with Crippen LogP contribution in [0.1, 0.15) is 37.0 Å². The molecule has 0 amide bonds. The number of pyridine rings is 1. The predicted octanol–water partition coefficient (Wildman–Crippen LogP) is 3.59. The smallest absolute Gasteiger partial charge is 0.339 e. The number of aromatic nitrogens is 1. The minimum atomic E-state index is -0.348. The van der Waals surface area contributed by atoms with Crippen molar-refractivity contribution in [1.82, 2.24) is 4.98 Å². The molecule has 0 saturated carbocycles. The van der Waals surface area contributed by atoms with Gasteiger partial charge in [0.25, 0.3) is 0 Å². The minimum Gasteiger partial charge on any atom is -0.491 e. The quantitative estimate of drug-likeness (QED) is 0.596. The maximum atomic E-state index is 11.7. The summed E-state index contributed by atoms with van der Waals surface area (Å²) in [5, 5.41) is 0.879. The molecule has 2 rings (SSSR count). The number of ether oxygens (including phenoxy) is 2. The lowest BCUT2D eigenvalue weighted by molar-refractivity contribution is 0.0526. The van der Waals surface area contributed by atoms with Crippen LogP contribution in [0, 0.1) is 0 Å². The molecule has 2 aromatic rings. The van der Waals surface area contributed by atoms with E-state index >= 15 is 0 Å². The van der Waals surface area contributed by atoms with Crippen molar-refractivity contribution >= 4 is 16.9 Å². The molecule has 0 aliphatic carbocycles. The monoisotopic (exact) mass is 273 g/mol. The highest BCUT2D eigenvalue weighted by Crippen LogP contribution is 2.24. The van der Waals surface area contributed by atoms with E-state index < -0.39 is 0 Å². The molecule has 0 spiro atoms. The van der Waals surface area contributed by atoms with Crippen LogP contribution in [0.3, 0.4) is 0 Å². The fourth-order valence-corrected chi connectivity index (χ4v) is 1.90. The molecule has 0 fully saturated rings. The Morgan fingerprint density at radius 2 is 2.15 bits per heavy atom. The Hall–Kier alpha value is -2.10. The average Bonchev–Trinajstić information content (AvgIpc) is 2.47. The Morgan fingerprint density at radius 3 is 2.90 bits per heavy atom. The van der Waals surface area contributed by atoms with Gasteiger partial charge in [-0.15, -0.1) is 0 Å². The van der Waals surface area contributed by atoms with Crippen LogP contribution in [0.4, 0.5) is 0 Å². The lowest BCUT2D eigenvalue weighted by Gasteiger charge is -2.09. The summed E-state index contributed by atoms with van der Waals surface area (Å²) in [6.07, 6.45) is 3.63. The summed E-state index contributed by atoms with van der Waals surface area (Å²) < 4.78 is 10.7. The van der Waals surface area contributed by atoms with Crippen molar-refractivity contribution in [3.05, 3.63) is 36.0 Å². The van der Waals surface area contributed by atoms with E-state index in [1.807, 2.05) is 18.2 Å². The standard InChI is InChI=1S/C16H19NO3/c1-3-5-9-20-14-8-6-7-12-10-13(11-17-15(12)14)16(18)19-4-2/h6-8,10-11H,3-5,9H2,1-2H3. The van der Waals surface area contributed by atoms with Gasteiger partial charge in [0.1, 0.15) is 11.3 Å². The first kappa shape index (κ1) is 14.3. The number of benzene rings is 1. The van der Waals surface area contributed by atoms with Gasteiger partial charge in [0.15, 0.2) is 0 Å². The highest BCUT2D eigenvalue weighted by Gasteiger charge is 2.10. The van der Waals surface area contributed by atoms with E-state index in [2.05, 4.69) is 11.9 Å². The van der Waals surface area contributed by atoms with Gasteiger partial charge in [-0.25, -0.2) is 4.79 Å². The van der Waals surface area contributed by atoms with Crippen molar-refractivity contribution in [2.45, 2.75) is 26.7 Å². The molecule has 0 unspecified atom stereocenters. The van der Waals surface area contributed by atoms with Gasteiger partial charge in [0.05, 0.1) is 18.8 Å². The molecule has 106 valence electrons. The number of fused-ring (bicyclic) bond motifs is 1. The number of carbonyl (C=O) groups is 1. The SMILES string of the molecule is CCCCOc1cccc2cc(C(=O)OCC)cnc12. The molecule has 0 bridgehead atoms. The first-order valence-electron chi connectivity index (χ1n) is 6.95. The molecule has 4 heteroatoms. The molecule has 1 heterocycles. The van der Waals surface area contributed by atoms with Crippen LogP contribution < -0.4 is 4.74 Å². The molecule has 0 N–H and O–H groups in total. The molecule has 0 aliphatic rings. The third kappa shape index (κ3) is 3.26. The van der Waals surface area contributed by atoms with E-state index in [9.17, 15) is 4.79 Å². The number of carbonyl (C=O) groups excluding carboxylic acids is 1. The van der Waals surface area contributed by atoms with Crippen LogP contribution in [0.15, 0.2) is 30.5 Å². The Morgan fingerprint density at radius 1 is 1.30 bits per heavy atom. The summed E-state index contributed by atoms with van der Waals surface area (Å²) in [5.41, 5.74) is 1.24. The largest absolute Gasteiger partial charge is 0.491 e. The van der Waals surface area contributed by atoms with Crippen molar-refractivity contribution in [2.24, 2.45) is 0 Å². The average molecular weight is 273 g/mol. The van der Waals surface area contributed by atoms with Gasteiger partial charge in [-0.05, 0) is 25.5 Å². The Kier molecular flexibility index (Phi) is 4.93. The van der Waals surface area contributed by atoms with E-state index in [-0.39, 0.29) is 5.97 Å². The van der Waals surface area contributed by atoms with Gasteiger partial charge in [-0.1, -0.05) is 25.5 Å². The second-order valence-corrected chi connectivity index (χ2v) is 4.47. The fourth-order valence-electron chi connectivity index (χ4n) is 1.90. The van der Waals surface area contributed by atoms with Crippen LogP contribution >= 0.6 is 0 Å². The highest BCUT2D eigenvalue weighted by atomic mass is 16.5. The number of hydrogen-bond donors (Lipinski definition) is 0. The highest BCUT2D eigenvalue weighted by molar-refractivity contribution is 5.95. The lowest BCUT2D eigenvalue weighted by atomic mass is 10.1. The molecule has 20 heavy (non-hydrogen) atoms. The van der Waals surface area contributed by atoms with E-state index in [0.29, 0.717) is 18.8 Å². The number of hydrogen-bond acceptors (Lipinski definition) is 4. The topological polar surface area (TPSA) is 48.4 Å². The zero-order chi connectivity index (χ0) is 14.4. The summed E-state index contributed by atoms with van der Waals surface area (Å²) >= 11 is 0. The van der Waals surface area contributed by atoms with E-state index in [1.165, 1.54) is 6.20 Å². The number of para-hydroxylation sites is 1. The van der Waals surface area contributed by atoms with Crippen molar-refractivity contribution < 1.29 is 14.3 Å². The van der Waals surface area contributed by atoms with Gasteiger partial charge >= 0.3 is 5.97 Å². The maximum Gasteiger partial charge on any atom is 0.339 e. The molecule has 1 aromatic heterocycles. The van der Waals surface area contributed by atoms with Gasteiger partial charge in [0, 0.05) is 11.6 Å². The van der Waals surface area contributed by atoms with Gasteiger partial charge in [-0.3, -0.25) is 4.98 Å². The maximum absolute atomic E-state index is 11.7. The second-order valence-electron chi connectivity index (χ2n) is 4.47. The molecule has 0 saturated heterocycles. The van der Waals surface area contributed by atoms with E-state index in [4.69, 9.17) is 9.47 Å². The third-order valence-electron chi connectivity index (χ3n) is 2.94. The molecule has 0 aliphatic heterocycles. The Labute approximate surface area is 118 Å². The van der Waals surface area contributed by atoms with Crippen molar-refractivity contribution in [3.63, 3.8) is 0 Å². The van der Waals surface area contributed by atoms with E-state index in [1.54, 1.807) is 13.0 Å². The van der Waals surface area contributed by atoms with Gasteiger partial charge in [0.2, 0.25) is 0 Å². The third-order valence-corrected chi connectivity index (χ3v) is 2.94. The molecular formula is C16H19NO3. The number of nitrogens with zero attached hydrogens (tertiary/aromatic N) is 1. The summed E-state index contributed by atoms with van der Waals surface area (Å²) in [5.74, 6) is 0.408. The molecule has 1 aromatic carbocycles. The van der Waals surface area contributed by atoms with Crippen molar-refractivity contribution in [1.29, 1.82) is 0 Å². The van der Waals surface area contributed by atoms with E-state index in [0.717, 1.165) is 29.5 Å². The summed E-state index contributed by atoms with van der Waals surface area (Å²) in [6.45, 7) is 4.94. The van der Waals surface area contributed by atoms with Crippen LogP contribution in [0.5, 0.6) is 5.75 Å². The number of rotatable bonds is 6. The number of unbranched alkanes of at least 4 members (excludes halogenated alkanes) is 1. The Bertz CT molecular complexity index is 595. The van der Waals surface area contributed by atoms with Crippen LogP contribution in [-0.2, 0) is 4.74 Å². The van der Waals surface area contributed by atoms with Gasteiger partial charge < -0.3 is 9.47 Å². The summed E-state index contributed by atoms with van der Waals surface area (Å²) in [6, 6.07) is 7.50. The zero-order valence-electron chi connectivity index (χ0n) is 11.9. The first-order chi connectivity index (χ1) is 9.76. The number of esters is 1. The van der Waals surface area contributed by atoms with Crippen LogP contribution in [-0.4, -0.2) is 24.2 Å².